The molecule has 0 amide bonds. The van der Waals surface area contributed by atoms with E-state index in [1.807, 2.05) is 0 Å². The van der Waals surface area contributed by atoms with Crippen molar-refractivity contribution in [3.8, 4) is 0 Å². The van der Waals surface area contributed by atoms with Crippen LogP contribution in [0.15, 0.2) is 0 Å². The number of nitrogens with one attached hydrogen (secondary N) is 1. The summed E-state index contributed by atoms with van der Waals surface area (Å²) in [6, 6.07) is 0.440. The van der Waals surface area contributed by atoms with E-state index in [9.17, 15) is 9.90 Å². The largest absolute Gasteiger partial charge is 0.480 e. The zero-order valence-electron chi connectivity index (χ0n) is 11.8. The lowest BCUT2D eigenvalue weighted by molar-refractivity contribution is -0.147. The molecular weight excluding hydrogens is 228 g/mol. The Balaban J connectivity index is 2.05. The quantitative estimate of drug-likeness (QED) is 0.802. The summed E-state index contributed by atoms with van der Waals surface area (Å²) in [4.78, 5) is 14.0. The van der Waals surface area contributed by atoms with Gasteiger partial charge in [0.25, 0.3) is 0 Å². The van der Waals surface area contributed by atoms with Gasteiger partial charge in [0.1, 0.15) is 5.54 Å². The second-order valence-electron chi connectivity index (χ2n) is 6.30. The first-order chi connectivity index (χ1) is 8.48. The van der Waals surface area contributed by atoms with Crippen LogP contribution in [-0.2, 0) is 4.79 Å². The standard InChI is InChI=1S/C14H26N2O2/c1-10-8-16(9-11(10)2)12-5-4-6-14(7-12,15-3)13(17)18/h10-12,15H,4-9H2,1-3H3,(H,17,18). The maximum atomic E-state index is 11.5. The highest BCUT2D eigenvalue weighted by Crippen LogP contribution is 2.35. The molecule has 4 unspecified atom stereocenters. The van der Waals surface area contributed by atoms with Crippen LogP contribution in [0.5, 0.6) is 0 Å². The van der Waals surface area contributed by atoms with E-state index in [-0.39, 0.29) is 0 Å². The summed E-state index contributed by atoms with van der Waals surface area (Å²) in [5, 5.41) is 12.5. The van der Waals surface area contributed by atoms with E-state index < -0.39 is 11.5 Å². The molecule has 2 rings (SSSR count). The van der Waals surface area contributed by atoms with Crippen molar-refractivity contribution in [2.24, 2.45) is 11.8 Å². The van der Waals surface area contributed by atoms with Crippen LogP contribution in [0, 0.1) is 11.8 Å². The molecule has 0 bridgehead atoms. The van der Waals surface area contributed by atoms with Gasteiger partial charge in [-0.25, -0.2) is 0 Å². The highest BCUT2D eigenvalue weighted by Gasteiger charge is 2.44. The summed E-state index contributed by atoms with van der Waals surface area (Å²) >= 11 is 0. The van der Waals surface area contributed by atoms with Gasteiger partial charge in [0.15, 0.2) is 0 Å². The van der Waals surface area contributed by atoms with Gasteiger partial charge < -0.3 is 10.4 Å². The van der Waals surface area contributed by atoms with Crippen LogP contribution < -0.4 is 5.32 Å². The van der Waals surface area contributed by atoms with Gasteiger partial charge in [-0.05, 0) is 44.6 Å². The summed E-state index contributed by atoms with van der Waals surface area (Å²) in [6.07, 6.45) is 3.67. The third kappa shape index (κ3) is 2.41. The number of likely N-dealkylation sites (N-methyl/N-ethyl adjacent to an activating group) is 1. The Kier molecular flexibility index (Phi) is 3.97. The van der Waals surface area contributed by atoms with Gasteiger partial charge in [-0.1, -0.05) is 13.8 Å². The van der Waals surface area contributed by atoms with Gasteiger partial charge in [-0.15, -0.1) is 0 Å². The van der Waals surface area contributed by atoms with E-state index in [4.69, 9.17) is 0 Å². The molecule has 18 heavy (non-hydrogen) atoms. The van der Waals surface area contributed by atoms with Crippen molar-refractivity contribution in [2.75, 3.05) is 20.1 Å². The number of hydrogen-bond donors (Lipinski definition) is 2. The summed E-state index contributed by atoms with van der Waals surface area (Å²) in [7, 11) is 1.78. The predicted molar refractivity (Wildman–Crippen MR) is 71.6 cm³/mol. The van der Waals surface area contributed by atoms with E-state index in [2.05, 4.69) is 24.1 Å². The number of carboxylic acids is 1. The molecule has 4 heteroatoms. The van der Waals surface area contributed by atoms with E-state index in [0.29, 0.717) is 6.04 Å². The van der Waals surface area contributed by atoms with Gasteiger partial charge in [-0.2, -0.15) is 0 Å². The van der Waals surface area contributed by atoms with Crippen molar-refractivity contribution < 1.29 is 9.90 Å². The first-order valence-electron chi connectivity index (χ1n) is 7.15. The zero-order valence-corrected chi connectivity index (χ0v) is 11.8. The molecule has 104 valence electrons. The van der Waals surface area contributed by atoms with Crippen LogP contribution >= 0.6 is 0 Å². The highest BCUT2D eigenvalue weighted by molar-refractivity contribution is 5.79. The molecule has 0 aromatic heterocycles. The Morgan fingerprint density at radius 1 is 1.33 bits per heavy atom. The predicted octanol–water partition coefficient (Wildman–Crippen LogP) is 1.56. The van der Waals surface area contributed by atoms with Gasteiger partial charge in [-0.3, -0.25) is 9.69 Å². The van der Waals surface area contributed by atoms with Crippen molar-refractivity contribution in [1.82, 2.24) is 10.2 Å². The molecular formula is C14H26N2O2. The lowest BCUT2D eigenvalue weighted by Crippen LogP contribution is -2.57. The number of likely N-dealkylation sites (tertiary alicyclic amines) is 1. The second kappa shape index (κ2) is 5.17. The summed E-state index contributed by atoms with van der Waals surface area (Å²) < 4.78 is 0. The van der Waals surface area contributed by atoms with Crippen molar-refractivity contribution in [3.05, 3.63) is 0 Å². The highest BCUT2D eigenvalue weighted by atomic mass is 16.4. The Hall–Kier alpha value is -0.610. The molecule has 4 atom stereocenters. The average molecular weight is 254 g/mol. The monoisotopic (exact) mass is 254 g/mol. The van der Waals surface area contributed by atoms with Crippen molar-refractivity contribution in [1.29, 1.82) is 0 Å². The SMILES string of the molecule is CNC1(C(=O)O)CCCC(N2CC(C)C(C)C2)C1. The van der Waals surface area contributed by atoms with Crippen molar-refractivity contribution in [2.45, 2.75) is 51.1 Å². The lowest BCUT2D eigenvalue weighted by Gasteiger charge is -2.41. The number of carbonyl (C=O) groups is 1. The van der Waals surface area contributed by atoms with Crippen LogP contribution in [0.4, 0.5) is 0 Å². The molecule has 1 aliphatic carbocycles. The van der Waals surface area contributed by atoms with E-state index in [0.717, 1.165) is 50.6 Å². The van der Waals surface area contributed by atoms with Gasteiger partial charge >= 0.3 is 5.97 Å². The van der Waals surface area contributed by atoms with Gasteiger partial charge in [0.05, 0.1) is 0 Å². The fraction of sp³-hybridized carbons (Fsp3) is 0.929. The third-order valence-electron chi connectivity index (χ3n) is 5.15. The molecule has 1 saturated heterocycles. The fourth-order valence-corrected chi connectivity index (χ4v) is 3.56. The fourth-order valence-electron chi connectivity index (χ4n) is 3.56. The number of aliphatic carboxylic acids is 1. The smallest absolute Gasteiger partial charge is 0.323 e. The Labute approximate surface area is 110 Å². The molecule has 2 N–H and O–H groups in total. The first kappa shape index (κ1) is 13.8. The number of carboxylic acid groups (broad SMARTS) is 1. The van der Waals surface area contributed by atoms with Crippen LogP contribution in [0.3, 0.4) is 0 Å². The average Bonchev–Trinajstić information content (AvgIpc) is 2.69. The van der Waals surface area contributed by atoms with E-state index in [1.54, 1.807) is 7.05 Å². The van der Waals surface area contributed by atoms with Crippen LogP contribution in [0.25, 0.3) is 0 Å². The van der Waals surface area contributed by atoms with Gasteiger partial charge in [0, 0.05) is 19.1 Å². The molecule has 1 saturated carbocycles. The molecule has 4 nitrogen and oxygen atoms in total. The van der Waals surface area contributed by atoms with Crippen LogP contribution in [0.2, 0.25) is 0 Å². The summed E-state index contributed by atoms with van der Waals surface area (Å²) in [5.41, 5.74) is -0.696. The first-order valence-corrected chi connectivity index (χ1v) is 7.15. The molecule has 2 aliphatic rings. The second-order valence-corrected chi connectivity index (χ2v) is 6.30. The Morgan fingerprint density at radius 3 is 2.44 bits per heavy atom. The van der Waals surface area contributed by atoms with Crippen LogP contribution in [0.1, 0.15) is 39.5 Å². The van der Waals surface area contributed by atoms with Gasteiger partial charge in [0.2, 0.25) is 0 Å². The summed E-state index contributed by atoms with van der Waals surface area (Å²) in [6.45, 7) is 6.86. The third-order valence-corrected chi connectivity index (χ3v) is 5.15. The van der Waals surface area contributed by atoms with E-state index >= 15 is 0 Å². The normalized spacial score (nSPS) is 42.1. The molecule has 0 aromatic rings. The molecule has 2 fully saturated rings. The van der Waals surface area contributed by atoms with Crippen LogP contribution in [-0.4, -0.2) is 47.7 Å². The Morgan fingerprint density at radius 2 is 1.94 bits per heavy atom. The Bertz CT molecular complexity index is 311. The van der Waals surface area contributed by atoms with Crippen molar-refractivity contribution >= 4 is 5.97 Å². The van der Waals surface area contributed by atoms with Crippen molar-refractivity contribution in [3.63, 3.8) is 0 Å². The number of rotatable bonds is 3. The zero-order chi connectivity index (χ0) is 13.3. The molecule has 1 heterocycles. The maximum absolute atomic E-state index is 11.5. The maximum Gasteiger partial charge on any atom is 0.323 e. The number of hydrogen-bond acceptors (Lipinski definition) is 3. The minimum absolute atomic E-state index is 0.440. The topological polar surface area (TPSA) is 52.6 Å². The minimum atomic E-state index is -0.696. The van der Waals surface area contributed by atoms with E-state index in [1.165, 1.54) is 0 Å². The molecule has 1 aliphatic heterocycles. The minimum Gasteiger partial charge on any atom is -0.480 e. The number of nitrogens with zero attached hydrogens (tertiary/aromatic N) is 1. The molecule has 0 radical (unpaired) electrons. The molecule has 0 spiro atoms. The lowest BCUT2D eigenvalue weighted by atomic mass is 9.78. The summed E-state index contributed by atoms with van der Waals surface area (Å²) in [5.74, 6) is 0.788. The molecule has 0 aromatic carbocycles.